The zero-order valence-electron chi connectivity index (χ0n) is 14.3. The molecule has 0 spiro atoms. The smallest absolute Gasteiger partial charge is 0.303 e. The summed E-state index contributed by atoms with van der Waals surface area (Å²) in [6, 6.07) is 6.16. The van der Waals surface area contributed by atoms with E-state index in [9.17, 15) is 9.59 Å². The fourth-order valence-corrected chi connectivity index (χ4v) is 2.47. The Labute approximate surface area is 138 Å². The van der Waals surface area contributed by atoms with Crippen LogP contribution in [0.25, 0.3) is 6.08 Å². The molecule has 0 aliphatic heterocycles. The summed E-state index contributed by atoms with van der Waals surface area (Å²) in [5.41, 5.74) is 8.36. The Morgan fingerprint density at radius 3 is 2.70 bits per heavy atom. The molecule has 0 aliphatic carbocycles. The average molecular weight is 317 g/mol. The minimum Gasteiger partial charge on any atom is -0.458 e. The summed E-state index contributed by atoms with van der Waals surface area (Å²) >= 11 is 0. The zero-order valence-corrected chi connectivity index (χ0v) is 14.3. The Morgan fingerprint density at radius 1 is 1.35 bits per heavy atom. The molecule has 1 unspecified atom stereocenters. The summed E-state index contributed by atoms with van der Waals surface area (Å²) in [6.07, 6.45) is 7.52. The number of nitrogens with two attached hydrogens (primary N) is 1. The van der Waals surface area contributed by atoms with Gasteiger partial charge in [0.2, 0.25) is 5.91 Å². The van der Waals surface area contributed by atoms with Crippen LogP contribution in [0.4, 0.5) is 0 Å². The first-order valence-corrected chi connectivity index (χ1v) is 8.16. The lowest BCUT2D eigenvalue weighted by Crippen LogP contribution is -2.10. The third kappa shape index (κ3) is 7.13. The van der Waals surface area contributed by atoms with Crippen LogP contribution in [-0.4, -0.2) is 11.9 Å². The number of unbranched alkanes of at least 4 members (excludes halogenated alkanes) is 1. The number of rotatable bonds is 9. The maximum absolute atomic E-state index is 11.4. The van der Waals surface area contributed by atoms with Crippen LogP contribution < -0.4 is 5.73 Å². The SMILES string of the molecule is CCCC(OC(C)=O)c1cc(C)ccc1C=CCCCC(N)=O. The number of aryl methyl sites for hydroxylation is 1. The molecule has 0 heterocycles. The molecule has 0 aromatic heterocycles. The van der Waals surface area contributed by atoms with Crippen LogP contribution in [0.5, 0.6) is 0 Å². The number of hydrogen-bond donors (Lipinski definition) is 1. The summed E-state index contributed by atoms with van der Waals surface area (Å²) in [5, 5.41) is 0. The van der Waals surface area contributed by atoms with Crippen molar-refractivity contribution >= 4 is 18.0 Å². The molecule has 4 nitrogen and oxygen atoms in total. The molecule has 4 heteroatoms. The summed E-state index contributed by atoms with van der Waals surface area (Å²) in [5.74, 6) is -0.534. The van der Waals surface area contributed by atoms with Gasteiger partial charge < -0.3 is 10.5 Å². The highest BCUT2D eigenvalue weighted by Crippen LogP contribution is 2.28. The molecule has 0 fully saturated rings. The second kappa shape index (κ2) is 9.82. The van der Waals surface area contributed by atoms with E-state index in [1.165, 1.54) is 6.92 Å². The molecule has 23 heavy (non-hydrogen) atoms. The highest BCUT2D eigenvalue weighted by molar-refractivity contribution is 5.73. The van der Waals surface area contributed by atoms with Crippen LogP contribution in [0.15, 0.2) is 24.3 Å². The molecule has 0 saturated heterocycles. The van der Waals surface area contributed by atoms with E-state index < -0.39 is 0 Å². The van der Waals surface area contributed by atoms with Crippen LogP contribution in [0, 0.1) is 6.92 Å². The fourth-order valence-electron chi connectivity index (χ4n) is 2.47. The number of hydrogen-bond acceptors (Lipinski definition) is 3. The standard InChI is InChI=1S/C19H27NO3/c1-4-8-18(23-15(3)21)17-13-14(2)11-12-16(17)9-6-5-7-10-19(20)22/h6,9,11-13,18H,4-5,7-8,10H2,1-3H3,(H2,20,22). The number of benzene rings is 1. The average Bonchev–Trinajstić information content (AvgIpc) is 2.47. The first-order valence-electron chi connectivity index (χ1n) is 8.16. The van der Waals surface area contributed by atoms with E-state index in [4.69, 9.17) is 10.5 Å². The molecule has 2 N–H and O–H groups in total. The quantitative estimate of drug-likeness (QED) is 0.551. The van der Waals surface area contributed by atoms with Crippen LogP contribution in [-0.2, 0) is 14.3 Å². The molecular weight excluding hydrogens is 290 g/mol. The first-order chi connectivity index (χ1) is 10.9. The van der Waals surface area contributed by atoms with Crippen LogP contribution in [0.3, 0.4) is 0 Å². The van der Waals surface area contributed by atoms with E-state index in [2.05, 4.69) is 13.0 Å². The third-order valence-corrected chi connectivity index (χ3v) is 3.54. The monoisotopic (exact) mass is 317 g/mol. The molecule has 1 amide bonds. The van der Waals surface area contributed by atoms with Gasteiger partial charge in [0.15, 0.2) is 0 Å². The Balaban J connectivity index is 2.91. The molecule has 0 saturated carbocycles. The highest BCUT2D eigenvalue weighted by Gasteiger charge is 2.16. The van der Waals surface area contributed by atoms with Crippen molar-refractivity contribution in [1.82, 2.24) is 0 Å². The molecule has 1 atom stereocenters. The summed E-state index contributed by atoms with van der Waals surface area (Å²) in [6.45, 7) is 5.55. The number of carbonyl (C=O) groups excluding carboxylic acids is 2. The fraction of sp³-hybridized carbons (Fsp3) is 0.474. The molecule has 0 radical (unpaired) electrons. The van der Waals surface area contributed by atoms with E-state index in [0.717, 1.165) is 42.4 Å². The first kappa shape index (κ1) is 18.9. The van der Waals surface area contributed by atoms with Crippen molar-refractivity contribution in [3.05, 3.63) is 41.0 Å². The van der Waals surface area contributed by atoms with Gasteiger partial charge in [-0.2, -0.15) is 0 Å². The van der Waals surface area contributed by atoms with Crippen molar-refractivity contribution in [1.29, 1.82) is 0 Å². The van der Waals surface area contributed by atoms with Crippen molar-refractivity contribution in [2.75, 3.05) is 0 Å². The second-order valence-corrected chi connectivity index (χ2v) is 5.78. The zero-order chi connectivity index (χ0) is 17.2. The Bertz CT molecular complexity index is 564. The molecule has 0 aliphatic rings. The third-order valence-electron chi connectivity index (χ3n) is 3.54. The minimum absolute atomic E-state index is 0.220. The Kier molecular flexibility index (Phi) is 8.09. The van der Waals surface area contributed by atoms with Gasteiger partial charge in [-0.1, -0.05) is 49.3 Å². The van der Waals surface area contributed by atoms with E-state index in [1.807, 2.05) is 31.2 Å². The summed E-state index contributed by atoms with van der Waals surface area (Å²) < 4.78 is 5.50. The number of esters is 1. The van der Waals surface area contributed by atoms with Gasteiger partial charge in [-0.15, -0.1) is 0 Å². The number of carbonyl (C=O) groups is 2. The Hall–Kier alpha value is -2.10. The second-order valence-electron chi connectivity index (χ2n) is 5.78. The van der Waals surface area contributed by atoms with Crippen LogP contribution in [0.2, 0.25) is 0 Å². The van der Waals surface area contributed by atoms with Gasteiger partial charge >= 0.3 is 5.97 Å². The van der Waals surface area contributed by atoms with Crippen molar-refractivity contribution in [3.63, 3.8) is 0 Å². The summed E-state index contributed by atoms with van der Waals surface area (Å²) in [4.78, 5) is 22.1. The van der Waals surface area contributed by atoms with Crippen molar-refractivity contribution in [2.45, 2.75) is 59.0 Å². The normalized spacial score (nSPS) is 12.3. The maximum atomic E-state index is 11.4. The largest absolute Gasteiger partial charge is 0.458 e. The number of amides is 1. The number of primary amides is 1. The van der Waals surface area contributed by atoms with Crippen molar-refractivity contribution in [3.8, 4) is 0 Å². The Morgan fingerprint density at radius 2 is 2.09 bits per heavy atom. The lowest BCUT2D eigenvalue weighted by molar-refractivity contribution is -0.147. The molecule has 0 bridgehead atoms. The maximum Gasteiger partial charge on any atom is 0.303 e. The predicted molar refractivity (Wildman–Crippen MR) is 92.7 cm³/mol. The molecule has 126 valence electrons. The van der Waals surface area contributed by atoms with Gasteiger partial charge in [0, 0.05) is 13.3 Å². The van der Waals surface area contributed by atoms with Gasteiger partial charge in [0.05, 0.1) is 0 Å². The van der Waals surface area contributed by atoms with Gasteiger partial charge in [-0.05, 0) is 37.3 Å². The van der Waals surface area contributed by atoms with Gasteiger partial charge in [-0.3, -0.25) is 9.59 Å². The van der Waals surface area contributed by atoms with Crippen molar-refractivity contribution < 1.29 is 14.3 Å². The van der Waals surface area contributed by atoms with E-state index in [-0.39, 0.29) is 18.0 Å². The van der Waals surface area contributed by atoms with Gasteiger partial charge in [0.25, 0.3) is 0 Å². The topological polar surface area (TPSA) is 69.4 Å². The molecule has 1 aromatic carbocycles. The van der Waals surface area contributed by atoms with Gasteiger partial charge in [0.1, 0.15) is 6.10 Å². The molecule has 1 rings (SSSR count). The van der Waals surface area contributed by atoms with E-state index in [0.29, 0.717) is 6.42 Å². The molecule has 1 aromatic rings. The van der Waals surface area contributed by atoms with E-state index in [1.54, 1.807) is 0 Å². The lowest BCUT2D eigenvalue weighted by Gasteiger charge is -2.19. The lowest BCUT2D eigenvalue weighted by atomic mass is 9.96. The van der Waals surface area contributed by atoms with Crippen LogP contribution in [0.1, 0.15) is 68.7 Å². The van der Waals surface area contributed by atoms with Crippen LogP contribution >= 0.6 is 0 Å². The summed E-state index contributed by atoms with van der Waals surface area (Å²) in [7, 11) is 0. The van der Waals surface area contributed by atoms with E-state index >= 15 is 0 Å². The van der Waals surface area contributed by atoms with Crippen molar-refractivity contribution in [2.24, 2.45) is 5.73 Å². The highest BCUT2D eigenvalue weighted by atomic mass is 16.5. The predicted octanol–water partition coefficient (Wildman–Crippen LogP) is 4.07. The number of ether oxygens (including phenoxy) is 1. The molecular formula is C19H27NO3. The van der Waals surface area contributed by atoms with Gasteiger partial charge in [-0.25, -0.2) is 0 Å². The number of allylic oxidation sites excluding steroid dienone is 1. The minimum atomic E-state index is -0.271.